The van der Waals surface area contributed by atoms with Crippen LogP contribution < -0.4 is 16.2 Å². The number of aromatic hydroxyl groups is 1. The number of carbonyl (C=O) groups is 2. The first kappa shape index (κ1) is 16.2. The quantitative estimate of drug-likeness (QED) is 0.842. The molecular weight excluding hydrogens is 290 g/mol. The van der Waals surface area contributed by atoms with Crippen LogP contribution in [0, 0.1) is 0 Å². The molecule has 0 bridgehead atoms. The Kier molecular flexibility index (Phi) is 4.76. The molecule has 0 atom stereocenters. The summed E-state index contributed by atoms with van der Waals surface area (Å²) in [5.41, 5.74) is 7.73. The van der Waals surface area contributed by atoms with Crippen LogP contribution in [0.25, 0.3) is 18.2 Å². The number of aldehydes is 1. The molecule has 2 aromatic carbocycles. The fraction of sp³-hybridized carbons (Fsp3) is 0.0526. The minimum Gasteiger partial charge on any atom is -0.507 e. The number of rotatable bonds is 4. The van der Waals surface area contributed by atoms with Gasteiger partial charge in [0.05, 0.1) is 5.56 Å². The summed E-state index contributed by atoms with van der Waals surface area (Å²) in [6, 6.07) is 10.0. The summed E-state index contributed by atoms with van der Waals surface area (Å²) in [5, 5.41) is 11.0. The van der Waals surface area contributed by atoms with E-state index in [4.69, 9.17) is 5.73 Å². The number of phenolic OH excluding ortho intramolecular Hbond substituents is 1. The number of carbonyl (C=O) groups excluding carboxylic acids is 2. The maximum Gasteiger partial charge on any atom is 0.248 e. The van der Waals surface area contributed by atoms with Gasteiger partial charge in [0.25, 0.3) is 0 Å². The van der Waals surface area contributed by atoms with Gasteiger partial charge in [-0.15, -0.1) is 0 Å². The molecule has 0 spiro atoms. The maximum atomic E-state index is 11.1. The highest BCUT2D eigenvalue weighted by atomic mass is 16.3. The van der Waals surface area contributed by atoms with E-state index in [9.17, 15) is 14.7 Å². The molecule has 0 aliphatic rings. The molecule has 2 rings (SSSR count). The van der Waals surface area contributed by atoms with Gasteiger partial charge in [0, 0.05) is 5.56 Å². The highest BCUT2D eigenvalue weighted by Crippen LogP contribution is 2.15. The normalized spacial score (nSPS) is 12.2. The Bertz CT molecular complexity index is 893. The molecule has 0 heterocycles. The van der Waals surface area contributed by atoms with Crippen molar-refractivity contribution in [3.8, 4) is 5.75 Å². The molecule has 4 nitrogen and oxygen atoms in total. The fourth-order valence-electron chi connectivity index (χ4n) is 2.19. The molecule has 0 fully saturated rings. The second-order valence-electron chi connectivity index (χ2n) is 5.15. The van der Waals surface area contributed by atoms with E-state index in [0.717, 1.165) is 11.1 Å². The molecule has 23 heavy (non-hydrogen) atoms. The average Bonchev–Trinajstić information content (AvgIpc) is 2.55. The molecule has 0 saturated heterocycles. The third-order valence-corrected chi connectivity index (χ3v) is 3.60. The molecule has 116 valence electrons. The van der Waals surface area contributed by atoms with E-state index < -0.39 is 5.91 Å². The van der Waals surface area contributed by atoms with Crippen LogP contribution in [0.1, 0.15) is 33.2 Å². The smallest absolute Gasteiger partial charge is 0.248 e. The number of benzene rings is 2. The zero-order valence-corrected chi connectivity index (χ0v) is 12.7. The van der Waals surface area contributed by atoms with E-state index in [0.29, 0.717) is 22.3 Å². The summed E-state index contributed by atoms with van der Waals surface area (Å²) in [7, 11) is 0. The first-order valence-corrected chi connectivity index (χ1v) is 6.99. The molecule has 0 radical (unpaired) electrons. The molecule has 0 saturated carbocycles. The minimum absolute atomic E-state index is 0.0736. The highest BCUT2D eigenvalue weighted by molar-refractivity contribution is 5.93. The molecular formula is C19H17NO3. The summed E-state index contributed by atoms with van der Waals surface area (Å²) in [4.78, 5) is 22.2. The zero-order valence-electron chi connectivity index (χ0n) is 12.7. The van der Waals surface area contributed by atoms with Gasteiger partial charge in [-0.3, -0.25) is 9.59 Å². The van der Waals surface area contributed by atoms with E-state index in [-0.39, 0.29) is 11.3 Å². The summed E-state index contributed by atoms with van der Waals surface area (Å²) in [6.07, 6.45) is 4.18. The molecule has 0 unspecified atom stereocenters. The van der Waals surface area contributed by atoms with Crippen molar-refractivity contribution in [2.75, 3.05) is 0 Å². The Morgan fingerprint density at radius 3 is 2.30 bits per heavy atom. The van der Waals surface area contributed by atoms with E-state index in [2.05, 4.69) is 6.58 Å². The van der Waals surface area contributed by atoms with Gasteiger partial charge >= 0.3 is 0 Å². The lowest BCUT2D eigenvalue weighted by Crippen LogP contribution is -2.26. The lowest BCUT2D eigenvalue weighted by atomic mass is 10.0. The van der Waals surface area contributed by atoms with Crippen LogP contribution in [0.4, 0.5) is 0 Å². The maximum absolute atomic E-state index is 11.1. The predicted octanol–water partition coefficient (Wildman–Crippen LogP) is 1.60. The van der Waals surface area contributed by atoms with Crippen molar-refractivity contribution in [2.24, 2.45) is 5.73 Å². The first-order chi connectivity index (χ1) is 10.9. The Morgan fingerprint density at radius 1 is 1.13 bits per heavy atom. The van der Waals surface area contributed by atoms with E-state index in [1.807, 2.05) is 13.0 Å². The van der Waals surface area contributed by atoms with Crippen molar-refractivity contribution >= 4 is 30.4 Å². The van der Waals surface area contributed by atoms with Crippen molar-refractivity contribution in [1.82, 2.24) is 0 Å². The molecule has 2 aromatic rings. The van der Waals surface area contributed by atoms with Gasteiger partial charge in [-0.05, 0) is 46.7 Å². The van der Waals surface area contributed by atoms with Crippen LogP contribution in [-0.4, -0.2) is 17.3 Å². The topological polar surface area (TPSA) is 80.4 Å². The summed E-state index contributed by atoms with van der Waals surface area (Å²) in [5.74, 6) is -0.544. The van der Waals surface area contributed by atoms with Gasteiger partial charge in [-0.25, -0.2) is 0 Å². The number of nitrogens with two attached hydrogens (primary N) is 1. The third-order valence-electron chi connectivity index (χ3n) is 3.60. The number of phenols is 1. The molecule has 0 aromatic heterocycles. The van der Waals surface area contributed by atoms with Gasteiger partial charge < -0.3 is 10.8 Å². The van der Waals surface area contributed by atoms with E-state index in [1.165, 1.54) is 6.07 Å². The molecule has 0 aliphatic carbocycles. The number of amides is 1. The Morgan fingerprint density at radius 2 is 1.74 bits per heavy atom. The van der Waals surface area contributed by atoms with Crippen LogP contribution in [0.5, 0.6) is 5.75 Å². The van der Waals surface area contributed by atoms with Crippen molar-refractivity contribution < 1.29 is 14.7 Å². The van der Waals surface area contributed by atoms with Crippen LogP contribution in [0.15, 0.2) is 42.5 Å². The Hall–Kier alpha value is -3.14. The van der Waals surface area contributed by atoms with Gasteiger partial charge in [0.2, 0.25) is 5.91 Å². The monoisotopic (exact) mass is 307 g/mol. The number of allylic oxidation sites excluding steroid dienone is 2. The van der Waals surface area contributed by atoms with Crippen LogP contribution in [0.2, 0.25) is 0 Å². The standard InChI is InChI=1S/C19H17NO3/c1-12(14-5-7-15(8-6-14)19(20)23)3-9-16-13(2)4-10-18(22)17(16)11-21/h3-11,22H,2H2,1H3,(H2,20,23)/b12-3+,16-9+. The predicted molar refractivity (Wildman–Crippen MR) is 91.3 cm³/mol. The van der Waals surface area contributed by atoms with Crippen LogP contribution in [0.3, 0.4) is 0 Å². The van der Waals surface area contributed by atoms with Crippen LogP contribution in [-0.2, 0) is 0 Å². The molecule has 3 N–H and O–H groups in total. The van der Waals surface area contributed by atoms with Crippen molar-refractivity contribution in [1.29, 1.82) is 0 Å². The van der Waals surface area contributed by atoms with E-state index in [1.54, 1.807) is 36.4 Å². The third kappa shape index (κ3) is 3.55. The van der Waals surface area contributed by atoms with Crippen LogP contribution >= 0.6 is 0 Å². The van der Waals surface area contributed by atoms with E-state index >= 15 is 0 Å². The average molecular weight is 307 g/mol. The van der Waals surface area contributed by atoms with Crippen molar-refractivity contribution in [2.45, 2.75) is 6.92 Å². The highest BCUT2D eigenvalue weighted by Gasteiger charge is 2.02. The summed E-state index contributed by atoms with van der Waals surface area (Å²) >= 11 is 0. The Labute approximate surface area is 133 Å². The summed E-state index contributed by atoms with van der Waals surface area (Å²) < 4.78 is 0. The second-order valence-corrected chi connectivity index (χ2v) is 5.15. The second kappa shape index (κ2) is 6.75. The molecule has 0 aliphatic heterocycles. The van der Waals surface area contributed by atoms with Gasteiger partial charge in [-0.2, -0.15) is 0 Å². The number of hydrogen-bond donors (Lipinski definition) is 2. The molecule has 4 heteroatoms. The lowest BCUT2D eigenvalue weighted by molar-refractivity contribution is 0.0999. The van der Waals surface area contributed by atoms with Gasteiger partial charge in [-0.1, -0.05) is 36.9 Å². The van der Waals surface area contributed by atoms with Crippen molar-refractivity contribution in [3.05, 3.63) is 69.6 Å². The lowest BCUT2D eigenvalue weighted by Gasteiger charge is -2.02. The number of hydrogen-bond acceptors (Lipinski definition) is 3. The van der Waals surface area contributed by atoms with Crippen molar-refractivity contribution in [3.63, 3.8) is 0 Å². The SMILES string of the molecule is C=c1ccc(O)c(C=O)/c1=C/C=C(\C)c1ccc(C(N)=O)cc1. The summed E-state index contributed by atoms with van der Waals surface area (Å²) in [6.45, 7) is 5.77. The number of primary amides is 1. The first-order valence-electron chi connectivity index (χ1n) is 6.99. The van der Waals surface area contributed by atoms with Gasteiger partial charge in [0.1, 0.15) is 5.75 Å². The Balaban J connectivity index is 2.47. The van der Waals surface area contributed by atoms with Gasteiger partial charge in [0.15, 0.2) is 6.29 Å². The molecule has 1 amide bonds. The zero-order chi connectivity index (χ0) is 17.0. The largest absolute Gasteiger partial charge is 0.507 e. The minimum atomic E-state index is -0.471. The fourth-order valence-corrected chi connectivity index (χ4v) is 2.19.